The van der Waals surface area contributed by atoms with Gasteiger partial charge in [0.25, 0.3) is 0 Å². The van der Waals surface area contributed by atoms with Crippen molar-refractivity contribution < 1.29 is 9.59 Å². The van der Waals surface area contributed by atoms with Crippen LogP contribution in [0, 0.1) is 5.41 Å². The molecule has 20 heavy (non-hydrogen) atoms. The van der Waals surface area contributed by atoms with Gasteiger partial charge in [0.05, 0.1) is 5.41 Å². The summed E-state index contributed by atoms with van der Waals surface area (Å²) in [4.78, 5) is 23.3. The minimum atomic E-state index is -0.480. The molecule has 1 aliphatic rings. The number of nitrogens with one attached hydrogen (secondary N) is 1. The molecule has 110 valence electrons. The SMILES string of the molecule is Cl.NCC1(C(=O)Nc2ccc(C(N)=O)cc2)CCCC1. The lowest BCUT2D eigenvalue weighted by Gasteiger charge is -2.25. The van der Waals surface area contributed by atoms with Crippen molar-refractivity contribution in [1.29, 1.82) is 0 Å². The Balaban J connectivity index is 0.00000200. The third-order valence-corrected chi connectivity index (χ3v) is 3.86. The molecule has 2 amide bonds. The number of hydrogen-bond acceptors (Lipinski definition) is 3. The van der Waals surface area contributed by atoms with Gasteiger partial charge in [-0.1, -0.05) is 12.8 Å². The van der Waals surface area contributed by atoms with Crippen molar-refractivity contribution in [3.05, 3.63) is 29.8 Å². The second-order valence-corrected chi connectivity index (χ2v) is 5.09. The number of nitrogens with two attached hydrogens (primary N) is 2. The Morgan fingerprint density at radius 1 is 1.15 bits per heavy atom. The molecule has 0 unspecified atom stereocenters. The van der Waals surface area contributed by atoms with Gasteiger partial charge in [0.15, 0.2) is 0 Å². The summed E-state index contributed by atoms with van der Waals surface area (Å²) >= 11 is 0. The Bertz CT molecular complexity index is 482. The summed E-state index contributed by atoms with van der Waals surface area (Å²) in [7, 11) is 0. The first kappa shape index (κ1) is 16.5. The molecule has 0 aliphatic heterocycles. The summed E-state index contributed by atoms with van der Waals surface area (Å²) < 4.78 is 0. The van der Waals surface area contributed by atoms with Crippen LogP contribution in [0.5, 0.6) is 0 Å². The molecule has 0 bridgehead atoms. The lowest BCUT2D eigenvalue weighted by Crippen LogP contribution is -2.40. The van der Waals surface area contributed by atoms with Crippen molar-refractivity contribution in [2.45, 2.75) is 25.7 Å². The summed E-state index contributed by atoms with van der Waals surface area (Å²) in [5.41, 5.74) is 11.6. The molecule has 0 radical (unpaired) electrons. The zero-order valence-electron chi connectivity index (χ0n) is 11.2. The zero-order chi connectivity index (χ0) is 13.9. The average molecular weight is 298 g/mol. The Hall–Kier alpha value is -1.59. The van der Waals surface area contributed by atoms with Gasteiger partial charge in [-0.3, -0.25) is 9.59 Å². The van der Waals surface area contributed by atoms with Crippen molar-refractivity contribution in [1.82, 2.24) is 0 Å². The molecule has 6 heteroatoms. The van der Waals surface area contributed by atoms with E-state index in [9.17, 15) is 9.59 Å². The van der Waals surface area contributed by atoms with Crippen molar-refractivity contribution in [2.75, 3.05) is 11.9 Å². The van der Waals surface area contributed by atoms with Gasteiger partial charge in [-0.2, -0.15) is 0 Å². The minimum Gasteiger partial charge on any atom is -0.366 e. The zero-order valence-corrected chi connectivity index (χ0v) is 12.0. The van der Waals surface area contributed by atoms with Crippen LogP contribution in [0.3, 0.4) is 0 Å². The van der Waals surface area contributed by atoms with E-state index in [1.807, 2.05) is 0 Å². The molecule has 1 aromatic carbocycles. The van der Waals surface area contributed by atoms with Gasteiger partial charge in [-0.05, 0) is 37.1 Å². The third-order valence-electron chi connectivity index (χ3n) is 3.86. The highest BCUT2D eigenvalue weighted by Crippen LogP contribution is 2.38. The maximum absolute atomic E-state index is 12.3. The molecule has 1 saturated carbocycles. The predicted octanol–water partition coefficient (Wildman–Crippen LogP) is 1.66. The topological polar surface area (TPSA) is 98.2 Å². The highest BCUT2D eigenvalue weighted by molar-refractivity contribution is 5.97. The number of carbonyl (C=O) groups is 2. The first-order valence-electron chi connectivity index (χ1n) is 6.49. The fourth-order valence-electron chi connectivity index (χ4n) is 2.56. The first-order chi connectivity index (χ1) is 9.07. The number of carbonyl (C=O) groups excluding carboxylic acids is 2. The van der Waals surface area contributed by atoms with Crippen LogP contribution in [0.4, 0.5) is 5.69 Å². The van der Waals surface area contributed by atoms with Gasteiger partial charge >= 0.3 is 0 Å². The first-order valence-corrected chi connectivity index (χ1v) is 6.49. The summed E-state index contributed by atoms with van der Waals surface area (Å²) in [5, 5.41) is 2.87. The normalized spacial score (nSPS) is 16.2. The summed E-state index contributed by atoms with van der Waals surface area (Å²) in [6.07, 6.45) is 3.78. The van der Waals surface area contributed by atoms with Gasteiger partial charge in [0.1, 0.15) is 0 Å². The molecule has 0 atom stereocenters. The fourth-order valence-corrected chi connectivity index (χ4v) is 2.56. The monoisotopic (exact) mass is 297 g/mol. The largest absolute Gasteiger partial charge is 0.366 e. The van der Waals surface area contributed by atoms with Crippen LogP contribution in [0.1, 0.15) is 36.0 Å². The van der Waals surface area contributed by atoms with Crippen LogP contribution in [0.15, 0.2) is 24.3 Å². The highest BCUT2D eigenvalue weighted by Gasteiger charge is 2.39. The van der Waals surface area contributed by atoms with E-state index in [0.717, 1.165) is 25.7 Å². The fraction of sp³-hybridized carbons (Fsp3) is 0.429. The molecular formula is C14H20ClN3O2. The smallest absolute Gasteiger partial charge is 0.248 e. The Labute approximate surface area is 124 Å². The molecular weight excluding hydrogens is 278 g/mol. The van der Waals surface area contributed by atoms with E-state index in [1.54, 1.807) is 24.3 Å². The van der Waals surface area contributed by atoms with Crippen LogP contribution < -0.4 is 16.8 Å². The second-order valence-electron chi connectivity index (χ2n) is 5.09. The van der Waals surface area contributed by atoms with Gasteiger partial charge in [-0.15, -0.1) is 12.4 Å². The highest BCUT2D eigenvalue weighted by atomic mass is 35.5. The van der Waals surface area contributed by atoms with Gasteiger partial charge < -0.3 is 16.8 Å². The van der Waals surface area contributed by atoms with Crippen molar-refractivity contribution in [2.24, 2.45) is 16.9 Å². The van der Waals surface area contributed by atoms with E-state index < -0.39 is 11.3 Å². The Kier molecular flexibility index (Phi) is 5.53. The number of anilines is 1. The van der Waals surface area contributed by atoms with Crippen LogP contribution in [-0.4, -0.2) is 18.4 Å². The molecule has 1 aliphatic carbocycles. The molecule has 0 heterocycles. The third kappa shape index (κ3) is 3.29. The standard InChI is InChI=1S/C14H19N3O2.ClH/c15-9-14(7-1-2-8-14)13(19)17-11-5-3-10(4-6-11)12(16)18;/h3-6H,1-2,7-9,15H2,(H2,16,18)(H,17,19);1H. The molecule has 5 N–H and O–H groups in total. The van der Waals surface area contributed by atoms with Gasteiger partial charge in [0.2, 0.25) is 11.8 Å². The lowest BCUT2D eigenvalue weighted by atomic mass is 9.85. The molecule has 0 spiro atoms. The maximum atomic E-state index is 12.3. The predicted molar refractivity (Wildman–Crippen MR) is 80.8 cm³/mol. The number of benzene rings is 1. The van der Waals surface area contributed by atoms with Crippen LogP contribution >= 0.6 is 12.4 Å². The molecule has 0 aromatic heterocycles. The van der Waals surface area contributed by atoms with Crippen LogP contribution in [0.2, 0.25) is 0 Å². The maximum Gasteiger partial charge on any atom is 0.248 e. The average Bonchev–Trinajstić information content (AvgIpc) is 2.89. The van der Waals surface area contributed by atoms with Crippen molar-refractivity contribution in [3.8, 4) is 0 Å². The van der Waals surface area contributed by atoms with E-state index in [0.29, 0.717) is 17.8 Å². The lowest BCUT2D eigenvalue weighted by molar-refractivity contribution is -0.124. The molecule has 1 aromatic rings. The number of rotatable bonds is 4. The van der Waals surface area contributed by atoms with E-state index in [2.05, 4.69) is 5.32 Å². The number of primary amides is 1. The summed E-state index contributed by atoms with van der Waals surface area (Å²) in [6, 6.07) is 6.55. The molecule has 5 nitrogen and oxygen atoms in total. The number of halogens is 1. The summed E-state index contributed by atoms with van der Waals surface area (Å²) in [6.45, 7) is 0.373. The van der Waals surface area contributed by atoms with Gasteiger partial charge in [0, 0.05) is 17.8 Å². The number of amides is 2. The minimum absolute atomic E-state index is 0. The number of hydrogen-bond donors (Lipinski definition) is 3. The van der Waals surface area contributed by atoms with E-state index in [4.69, 9.17) is 11.5 Å². The van der Waals surface area contributed by atoms with E-state index in [-0.39, 0.29) is 18.3 Å². The van der Waals surface area contributed by atoms with E-state index in [1.165, 1.54) is 0 Å². The van der Waals surface area contributed by atoms with Crippen molar-refractivity contribution >= 4 is 29.9 Å². The Morgan fingerprint density at radius 2 is 1.70 bits per heavy atom. The molecule has 0 saturated heterocycles. The molecule has 2 rings (SSSR count). The molecule has 1 fully saturated rings. The second kappa shape index (κ2) is 6.72. The quantitative estimate of drug-likeness (QED) is 0.788. The van der Waals surface area contributed by atoms with Crippen LogP contribution in [-0.2, 0) is 4.79 Å². The van der Waals surface area contributed by atoms with E-state index >= 15 is 0 Å². The van der Waals surface area contributed by atoms with Gasteiger partial charge in [-0.25, -0.2) is 0 Å². The summed E-state index contributed by atoms with van der Waals surface area (Å²) in [5.74, 6) is -0.508. The van der Waals surface area contributed by atoms with Crippen LogP contribution in [0.25, 0.3) is 0 Å². The van der Waals surface area contributed by atoms with Crippen molar-refractivity contribution in [3.63, 3.8) is 0 Å². The Morgan fingerprint density at radius 3 is 2.15 bits per heavy atom.